The third kappa shape index (κ3) is 7.44. The third-order valence-corrected chi connectivity index (χ3v) is 2.22. The number of alkyl halides is 3. The molecule has 0 aliphatic carbocycles. The smallest absolute Gasteiger partial charge is 0.183 e. The van der Waals surface area contributed by atoms with Crippen LogP contribution in [-0.4, -0.2) is 9.82 Å². The van der Waals surface area contributed by atoms with E-state index in [4.69, 9.17) is 46.4 Å². The van der Waals surface area contributed by atoms with Crippen molar-refractivity contribution >= 4 is 57.7 Å². The van der Waals surface area contributed by atoms with Crippen LogP contribution in [0.1, 0.15) is 11.8 Å². The zero-order valence-corrected chi connectivity index (χ0v) is 10.1. The maximum atomic E-state index is 5.49. The summed E-state index contributed by atoms with van der Waals surface area (Å²) in [5.74, 6) is 0.504. The number of thiazole rings is 1. The zero-order valence-electron chi connectivity index (χ0n) is 6.23. The van der Waals surface area contributed by atoms with Gasteiger partial charge in [-0.25, -0.2) is 4.98 Å². The van der Waals surface area contributed by atoms with Gasteiger partial charge in [-0.05, 0) is 6.92 Å². The molecule has 12 heavy (non-hydrogen) atoms. The molecule has 0 N–H and O–H groups in total. The van der Waals surface area contributed by atoms with Gasteiger partial charge < -0.3 is 0 Å². The van der Waals surface area contributed by atoms with Crippen molar-refractivity contribution in [1.29, 1.82) is 0 Å². The molecule has 0 aliphatic heterocycles. The summed E-state index contributed by atoms with van der Waals surface area (Å²) in [5.41, 5.74) is 0. The van der Waals surface area contributed by atoms with Gasteiger partial charge in [-0.15, -0.1) is 46.1 Å². The fourth-order valence-corrected chi connectivity index (χ4v) is 1.41. The van der Waals surface area contributed by atoms with Gasteiger partial charge in [0.05, 0.1) is 5.88 Å². The molecule has 70 valence electrons. The van der Waals surface area contributed by atoms with Gasteiger partial charge in [0.25, 0.3) is 0 Å². The number of hydrogen-bond acceptors (Lipinski definition) is 2. The first-order valence-corrected chi connectivity index (χ1v) is 5.60. The molecular formula is C6H7Cl4NS. The average Bonchev–Trinajstić information content (AvgIpc) is 2.34. The Labute approximate surface area is 95.6 Å². The van der Waals surface area contributed by atoms with E-state index in [1.807, 2.05) is 0 Å². The van der Waals surface area contributed by atoms with E-state index in [1.165, 1.54) is 11.3 Å². The molecule has 0 aromatic carbocycles. The predicted octanol–water partition coefficient (Wildman–Crippen LogP) is 4.35. The van der Waals surface area contributed by atoms with Crippen LogP contribution in [0.15, 0.2) is 6.20 Å². The van der Waals surface area contributed by atoms with Crippen LogP contribution in [0, 0.1) is 0 Å². The van der Waals surface area contributed by atoms with Gasteiger partial charge in [-0.2, -0.15) is 0 Å². The van der Waals surface area contributed by atoms with Crippen LogP contribution in [-0.2, 0) is 5.88 Å². The Morgan fingerprint density at radius 2 is 2.08 bits per heavy atom. The van der Waals surface area contributed by atoms with E-state index in [0.29, 0.717) is 10.3 Å². The monoisotopic (exact) mass is 265 g/mol. The number of aromatic nitrogens is 1. The minimum atomic E-state index is -0.222. The molecule has 1 aromatic rings. The highest BCUT2D eigenvalue weighted by Gasteiger charge is 1.94. The van der Waals surface area contributed by atoms with Gasteiger partial charge in [-0.3, -0.25) is 0 Å². The van der Waals surface area contributed by atoms with E-state index >= 15 is 0 Å². The molecule has 0 amide bonds. The third-order valence-electron chi connectivity index (χ3n) is 0.657. The SMILES string of the molecule is CC(Cl)Cl.ClCc1cnc(Cl)s1. The van der Waals surface area contributed by atoms with Gasteiger partial charge in [0.15, 0.2) is 4.47 Å². The van der Waals surface area contributed by atoms with E-state index in [-0.39, 0.29) is 4.84 Å². The molecule has 1 aromatic heterocycles. The van der Waals surface area contributed by atoms with Crippen LogP contribution in [0.5, 0.6) is 0 Å². The van der Waals surface area contributed by atoms with Crippen LogP contribution in [0.4, 0.5) is 0 Å². The lowest BCUT2D eigenvalue weighted by molar-refractivity contribution is 1.37. The maximum Gasteiger partial charge on any atom is 0.183 e. The van der Waals surface area contributed by atoms with Crippen molar-refractivity contribution in [2.45, 2.75) is 17.6 Å². The van der Waals surface area contributed by atoms with Crippen molar-refractivity contribution < 1.29 is 0 Å². The van der Waals surface area contributed by atoms with Crippen LogP contribution in [0.25, 0.3) is 0 Å². The Morgan fingerprint density at radius 3 is 2.25 bits per heavy atom. The van der Waals surface area contributed by atoms with E-state index in [0.717, 1.165) is 4.88 Å². The Hall–Kier alpha value is 0.790. The molecule has 0 fully saturated rings. The molecule has 1 rings (SSSR count). The second kappa shape index (κ2) is 7.22. The van der Waals surface area contributed by atoms with Gasteiger partial charge in [0.1, 0.15) is 4.84 Å². The van der Waals surface area contributed by atoms with Crippen molar-refractivity contribution in [1.82, 2.24) is 4.98 Å². The van der Waals surface area contributed by atoms with Gasteiger partial charge in [-0.1, -0.05) is 11.6 Å². The molecule has 1 nitrogen and oxygen atoms in total. The van der Waals surface area contributed by atoms with Crippen LogP contribution >= 0.6 is 57.7 Å². The highest BCUT2D eigenvalue weighted by molar-refractivity contribution is 7.15. The van der Waals surface area contributed by atoms with E-state index < -0.39 is 0 Å². The van der Waals surface area contributed by atoms with Crippen molar-refractivity contribution in [3.63, 3.8) is 0 Å². The van der Waals surface area contributed by atoms with E-state index in [9.17, 15) is 0 Å². The van der Waals surface area contributed by atoms with Crippen LogP contribution in [0.3, 0.4) is 0 Å². The first-order valence-electron chi connectivity index (χ1n) is 3.00. The average molecular weight is 267 g/mol. The predicted molar refractivity (Wildman–Crippen MR) is 57.8 cm³/mol. The molecule has 0 bridgehead atoms. The van der Waals surface area contributed by atoms with Crippen molar-refractivity contribution in [2.24, 2.45) is 0 Å². The topological polar surface area (TPSA) is 12.9 Å². The molecule has 0 saturated heterocycles. The van der Waals surface area contributed by atoms with Crippen LogP contribution < -0.4 is 0 Å². The standard InChI is InChI=1S/C4H3Cl2NS.C2H4Cl2/c5-1-3-2-7-4(6)8-3;1-2(3)4/h2H,1H2;2H,1H3. The second-order valence-corrected chi connectivity index (χ2v) is 5.23. The summed E-state index contributed by atoms with van der Waals surface area (Å²) in [6.45, 7) is 1.70. The summed E-state index contributed by atoms with van der Waals surface area (Å²) in [4.78, 5) is 4.58. The van der Waals surface area contributed by atoms with Gasteiger partial charge >= 0.3 is 0 Å². The molecule has 1 heterocycles. The molecule has 0 unspecified atom stereocenters. The largest absolute Gasteiger partial charge is 0.233 e. The highest BCUT2D eigenvalue weighted by atomic mass is 35.5. The van der Waals surface area contributed by atoms with Crippen molar-refractivity contribution in [3.05, 3.63) is 15.5 Å². The number of hydrogen-bond donors (Lipinski definition) is 0. The normalized spacial score (nSPS) is 9.50. The Morgan fingerprint density at radius 1 is 1.58 bits per heavy atom. The summed E-state index contributed by atoms with van der Waals surface area (Å²) < 4.78 is 0.556. The van der Waals surface area contributed by atoms with Crippen molar-refractivity contribution in [2.75, 3.05) is 0 Å². The second-order valence-electron chi connectivity index (χ2n) is 1.73. The first-order chi connectivity index (χ1) is 5.56. The van der Waals surface area contributed by atoms with Gasteiger partial charge in [0.2, 0.25) is 0 Å². The summed E-state index contributed by atoms with van der Waals surface area (Å²) >= 11 is 22.4. The van der Waals surface area contributed by atoms with Gasteiger partial charge in [0, 0.05) is 11.1 Å². The summed E-state index contributed by atoms with van der Waals surface area (Å²) in [6.07, 6.45) is 1.68. The minimum Gasteiger partial charge on any atom is -0.233 e. The maximum absolute atomic E-state index is 5.49. The molecule has 0 spiro atoms. The molecule has 0 radical (unpaired) electrons. The molecule has 0 saturated carbocycles. The number of nitrogens with zero attached hydrogens (tertiary/aromatic N) is 1. The molecule has 6 heteroatoms. The fourth-order valence-electron chi connectivity index (χ4n) is 0.345. The molecule has 0 aliphatic rings. The fraction of sp³-hybridized carbons (Fsp3) is 0.500. The van der Waals surface area contributed by atoms with Crippen molar-refractivity contribution in [3.8, 4) is 0 Å². The molecule has 0 atom stereocenters. The Balaban J connectivity index is 0.000000261. The van der Waals surface area contributed by atoms with E-state index in [2.05, 4.69) is 4.98 Å². The summed E-state index contributed by atoms with van der Waals surface area (Å²) in [7, 11) is 0. The number of rotatable bonds is 1. The van der Waals surface area contributed by atoms with E-state index in [1.54, 1.807) is 13.1 Å². The first kappa shape index (κ1) is 12.8. The summed E-state index contributed by atoms with van der Waals surface area (Å²) in [5, 5.41) is 0. The lowest BCUT2D eigenvalue weighted by Crippen LogP contribution is -1.63. The lowest BCUT2D eigenvalue weighted by atomic mass is 10.6. The minimum absolute atomic E-state index is 0.222. The number of halogens is 4. The summed E-state index contributed by atoms with van der Waals surface area (Å²) in [6, 6.07) is 0. The molecular weight excluding hydrogens is 260 g/mol. The van der Waals surface area contributed by atoms with Crippen LogP contribution in [0.2, 0.25) is 4.47 Å². The highest BCUT2D eigenvalue weighted by Crippen LogP contribution is 2.18. The Kier molecular flexibility index (Phi) is 7.69. The quantitative estimate of drug-likeness (QED) is 0.689. The lowest BCUT2D eigenvalue weighted by Gasteiger charge is -1.75. The Bertz CT molecular complexity index is 210. The zero-order chi connectivity index (χ0) is 9.56.